The van der Waals surface area contributed by atoms with Crippen molar-refractivity contribution in [2.45, 2.75) is 51.3 Å². The Bertz CT molecular complexity index is 302. The number of hydrogen-bond donors (Lipinski definition) is 2. The van der Waals surface area contributed by atoms with Gasteiger partial charge in [0.05, 0.1) is 5.25 Å². The van der Waals surface area contributed by atoms with Gasteiger partial charge in [-0.25, -0.2) is 13.1 Å². The van der Waals surface area contributed by atoms with Gasteiger partial charge in [0.25, 0.3) is 0 Å². The zero-order valence-electron chi connectivity index (χ0n) is 9.79. The number of nitrogens with two attached hydrogens (primary N) is 1. The lowest BCUT2D eigenvalue weighted by atomic mass is 9.85. The van der Waals surface area contributed by atoms with Crippen LogP contribution in [0, 0.1) is 5.41 Å². The van der Waals surface area contributed by atoms with Gasteiger partial charge in [-0.2, -0.15) is 0 Å². The Labute approximate surface area is 92.7 Å². The second-order valence-electron chi connectivity index (χ2n) is 5.36. The van der Waals surface area contributed by atoms with E-state index in [1.807, 2.05) is 20.8 Å². The first kappa shape index (κ1) is 12.9. The standard InChI is InChI=1S/C10H22N2O2S/c1-10(2,3)9(6-7-11)12-15(13,14)8-4-5-8/h8-9,12H,4-7,11H2,1-3H3. The van der Waals surface area contributed by atoms with Crippen molar-refractivity contribution in [1.29, 1.82) is 0 Å². The fraction of sp³-hybridized carbons (Fsp3) is 1.00. The molecular formula is C10H22N2O2S. The molecule has 1 saturated carbocycles. The smallest absolute Gasteiger partial charge is 0.214 e. The first-order valence-electron chi connectivity index (χ1n) is 5.48. The van der Waals surface area contributed by atoms with Crippen LogP contribution in [-0.2, 0) is 10.0 Å². The highest BCUT2D eigenvalue weighted by Crippen LogP contribution is 2.30. The van der Waals surface area contributed by atoms with E-state index in [2.05, 4.69) is 4.72 Å². The Morgan fingerprint density at radius 3 is 2.27 bits per heavy atom. The van der Waals surface area contributed by atoms with Crippen molar-refractivity contribution >= 4 is 10.0 Å². The molecule has 0 bridgehead atoms. The van der Waals surface area contributed by atoms with E-state index < -0.39 is 10.0 Å². The molecule has 0 spiro atoms. The average molecular weight is 234 g/mol. The summed E-state index contributed by atoms with van der Waals surface area (Å²) in [5.41, 5.74) is 5.42. The fourth-order valence-corrected chi connectivity index (χ4v) is 3.33. The topological polar surface area (TPSA) is 72.2 Å². The number of nitrogens with one attached hydrogen (secondary N) is 1. The van der Waals surface area contributed by atoms with E-state index in [4.69, 9.17) is 5.73 Å². The predicted octanol–water partition coefficient (Wildman–Crippen LogP) is 0.832. The largest absolute Gasteiger partial charge is 0.330 e. The SMILES string of the molecule is CC(C)(C)C(CCN)NS(=O)(=O)C1CC1. The van der Waals surface area contributed by atoms with Gasteiger partial charge in [-0.15, -0.1) is 0 Å². The van der Waals surface area contributed by atoms with Crippen LogP contribution in [0.2, 0.25) is 0 Å². The van der Waals surface area contributed by atoms with Crippen molar-refractivity contribution in [3.63, 3.8) is 0 Å². The van der Waals surface area contributed by atoms with E-state index in [0.717, 1.165) is 12.8 Å². The quantitative estimate of drug-likeness (QED) is 0.740. The summed E-state index contributed by atoms with van der Waals surface area (Å²) in [5.74, 6) is 0. The van der Waals surface area contributed by atoms with E-state index in [-0.39, 0.29) is 16.7 Å². The van der Waals surface area contributed by atoms with Gasteiger partial charge in [0, 0.05) is 6.04 Å². The maximum Gasteiger partial charge on any atom is 0.214 e. The van der Waals surface area contributed by atoms with Crippen molar-refractivity contribution in [3.8, 4) is 0 Å². The predicted molar refractivity (Wildman–Crippen MR) is 62.0 cm³/mol. The third-order valence-electron chi connectivity index (χ3n) is 2.77. The van der Waals surface area contributed by atoms with E-state index in [1.165, 1.54) is 0 Å². The number of rotatable bonds is 5. The van der Waals surface area contributed by atoms with E-state index >= 15 is 0 Å². The Morgan fingerprint density at radius 1 is 1.40 bits per heavy atom. The molecule has 0 aromatic rings. The molecular weight excluding hydrogens is 212 g/mol. The summed E-state index contributed by atoms with van der Waals surface area (Å²) in [7, 11) is -3.10. The third kappa shape index (κ3) is 3.74. The first-order chi connectivity index (χ1) is 6.77. The van der Waals surface area contributed by atoms with Crippen LogP contribution < -0.4 is 10.5 Å². The highest BCUT2D eigenvalue weighted by Gasteiger charge is 2.38. The van der Waals surface area contributed by atoms with Crippen molar-refractivity contribution in [3.05, 3.63) is 0 Å². The average Bonchev–Trinajstić information content (AvgIpc) is 2.83. The van der Waals surface area contributed by atoms with Crippen molar-refractivity contribution < 1.29 is 8.42 Å². The second-order valence-corrected chi connectivity index (χ2v) is 7.35. The van der Waals surface area contributed by atoms with E-state index in [1.54, 1.807) is 0 Å². The van der Waals surface area contributed by atoms with Gasteiger partial charge in [0.15, 0.2) is 0 Å². The van der Waals surface area contributed by atoms with Crippen LogP contribution in [-0.4, -0.2) is 26.3 Å². The van der Waals surface area contributed by atoms with Crippen molar-refractivity contribution in [2.75, 3.05) is 6.54 Å². The normalized spacial score (nSPS) is 20.3. The van der Waals surface area contributed by atoms with E-state index in [0.29, 0.717) is 13.0 Å². The molecule has 0 aromatic heterocycles. The van der Waals surface area contributed by atoms with Gasteiger partial charge >= 0.3 is 0 Å². The molecule has 1 aliphatic carbocycles. The zero-order chi connectivity index (χ0) is 11.7. The Hall–Kier alpha value is -0.130. The molecule has 90 valence electrons. The summed E-state index contributed by atoms with van der Waals surface area (Å²) < 4.78 is 26.3. The van der Waals surface area contributed by atoms with Crippen LogP contribution in [0.4, 0.5) is 0 Å². The van der Waals surface area contributed by atoms with Gasteiger partial charge < -0.3 is 5.73 Å². The molecule has 0 aliphatic heterocycles. The minimum absolute atomic E-state index is 0.0619. The molecule has 3 N–H and O–H groups in total. The van der Waals surface area contributed by atoms with E-state index in [9.17, 15) is 8.42 Å². The monoisotopic (exact) mass is 234 g/mol. The summed E-state index contributed by atoms with van der Waals surface area (Å²) in [6.07, 6.45) is 2.29. The molecule has 5 heteroatoms. The van der Waals surface area contributed by atoms with Crippen LogP contribution in [0.3, 0.4) is 0 Å². The Kier molecular flexibility index (Phi) is 3.79. The van der Waals surface area contributed by atoms with Gasteiger partial charge in [0.2, 0.25) is 10.0 Å². The van der Waals surface area contributed by atoms with Crippen LogP contribution in [0.5, 0.6) is 0 Å². The summed E-state index contributed by atoms with van der Waals surface area (Å²) in [6.45, 7) is 6.60. The molecule has 0 radical (unpaired) electrons. The molecule has 1 aliphatic rings. The minimum atomic E-state index is -3.10. The highest BCUT2D eigenvalue weighted by atomic mass is 32.2. The summed E-state index contributed by atoms with van der Waals surface area (Å²) >= 11 is 0. The van der Waals surface area contributed by atoms with Gasteiger partial charge in [-0.1, -0.05) is 20.8 Å². The molecule has 0 heterocycles. The van der Waals surface area contributed by atoms with Crippen LogP contribution in [0.15, 0.2) is 0 Å². The molecule has 15 heavy (non-hydrogen) atoms. The van der Waals surface area contributed by atoms with Crippen LogP contribution in [0.1, 0.15) is 40.0 Å². The molecule has 0 saturated heterocycles. The van der Waals surface area contributed by atoms with Gasteiger partial charge in [-0.05, 0) is 31.2 Å². The number of sulfonamides is 1. The molecule has 0 aromatic carbocycles. The molecule has 1 atom stereocenters. The first-order valence-corrected chi connectivity index (χ1v) is 7.03. The van der Waals surface area contributed by atoms with Gasteiger partial charge in [-0.3, -0.25) is 0 Å². The van der Waals surface area contributed by atoms with Crippen molar-refractivity contribution in [1.82, 2.24) is 4.72 Å². The lowest BCUT2D eigenvalue weighted by Crippen LogP contribution is -2.45. The number of hydrogen-bond acceptors (Lipinski definition) is 3. The zero-order valence-corrected chi connectivity index (χ0v) is 10.6. The lowest BCUT2D eigenvalue weighted by Gasteiger charge is -2.31. The van der Waals surface area contributed by atoms with Crippen molar-refractivity contribution in [2.24, 2.45) is 11.1 Å². The molecule has 4 nitrogen and oxygen atoms in total. The molecule has 1 fully saturated rings. The van der Waals surface area contributed by atoms with Gasteiger partial charge in [0.1, 0.15) is 0 Å². The van der Waals surface area contributed by atoms with Crippen LogP contribution in [0.25, 0.3) is 0 Å². The van der Waals surface area contributed by atoms with Crippen LogP contribution >= 0.6 is 0 Å². The third-order valence-corrected chi connectivity index (χ3v) is 4.73. The summed E-state index contributed by atoms with van der Waals surface area (Å²) in [5, 5.41) is -0.153. The Balaban J connectivity index is 2.66. The maximum atomic E-state index is 11.8. The minimum Gasteiger partial charge on any atom is -0.330 e. The summed E-state index contributed by atoms with van der Waals surface area (Å²) in [4.78, 5) is 0. The fourth-order valence-electron chi connectivity index (χ4n) is 1.51. The highest BCUT2D eigenvalue weighted by molar-refractivity contribution is 7.90. The second kappa shape index (κ2) is 4.39. The molecule has 1 rings (SSSR count). The maximum absolute atomic E-state index is 11.8. The lowest BCUT2D eigenvalue weighted by molar-refractivity contribution is 0.287. The molecule has 1 unspecified atom stereocenters. The summed E-state index contributed by atoms with van der Waals surface area (Å²) in [6, 6.07) is -0.0619. The molecule has 0 amide bonds. The Morgan fingerprint density at radius 2 is 1.93 bits per heavy atom.